The second-order valence-electron chi connectivity index (χ2n) is 7.50. The SMILES string of the molecule is CCNC(=NCc1ccc(N(C)C)cc1)NC1CCN(c2ccccc2OC)C1. The maximum atomic E-state index is 5.52. The predicted molar refractivity (Wildman–Crippen MR) is 122 cm³/mol. The van der Waals surface area contributed by atoms with Crippen molar-refractivity contribution in [3.8, 4) is 5.75 Å². The van der Waals surface area contributed by atoms with Crippen LogP contribution in [0.2, 0.25) is 0 Å². The van der Waals surface area contributed by atoms with E-state index in [1.165, 1.54) is 11.3 Å². The molecule has 1 aliphatic rings. The summed E-state index contributed by atoms with van der Waals surface area (Å²) in [6, 6.07) is 17.1. The number of nitrogens with one attached hydrogen (secondary N) is 2. The van der Waals surface area contributed by atoms with Gasteiger partial charge in [-0.2, -0.15) is 0 Å². The highest BCUT2D eigenvalue weighted by Crippen LogP contribution is 2.30. The van der Waals surface area contributed by atoms with Gasteiger partial charge >= 0.3 is 0 Å². The summed E-state index contributed by atoms with van der Waals surface area (Å²) in [5, 5.41) is 6.98. The minimum absolute atomic E-state index is 0.355. The van der Waals surface area contributed by atoms with E-state index < -0.39 is 0 Å². The molecule has 3 rings (SSSR count). The molecule has 1 heterocycles. The van der Waals surface area contributed by atoms with E-state index in [9.17, 15) is 0 Å². The molecule has 1 atom stereocenters. The van der Waals surface area contributed by atoms with E-state index in [-0.39, 0.29) is 0 Å². The zero-order valence-electron chi connectivity index (χ0n) is 18.0. The van der Waals surface area contributed by atoms with Crippen LogP contribution in [0.1, 0.15) is 18.9 Å². The van der Waals surface area contributed by atoms with E-state index in [1.54, 1.807) is 7.11 Å². The van der Waals surface area contributed by atoms with E-state index in [2.05, 4.69) is 77.9 Å². The third-order valence-electron chi connectivity index (χ3n) is 5.17. The molecular formula is C23H33N5O. The van der Waals surface area contributed by atoms with Gasteiger partial charge in [0.05, 0.1) is 19.3 Å². The van der Waals surface area contributed by atoms with Gasteiger partial charge in [-0.05, 0) is 43.2 Å². The summed E-state index contributed by atoms with van der Waals surface area (Å²) in [5.74, 6) is 1.80. The molecule has 2 N–H and O–H groups in total. The molecule has 1 saturated heterocycles. The molecule has 0 amide bonds. The Morgan fingerprint density at radius 3 is 2.62 bits per heavy atom. The summed E-state index contributed by atoms with van der Waals surface area (Å²) in [6.07, 6.45) is 1.07. The second-order valence-corrected chi connectivity index (χ2v) is 7.50. The molecule has 156 valence electrons. The highest BCUT2D eigenvalue weighted by atomic mass is 16.5. The zero-order chi connectivity index (χ0) is 20.6. The fourth-order valence-electron chi connectivity index (χ4n) is 3.57. The first kappa shape index (κ1) is 20.8. The molecule has 0 saturated carbocycles. The first-order chi connectivity index (χ1) is 14.1. The highest BCUT2D eigenvalue weighted by molar-refractivity contribution is 5.80. The fraction of sp³-hybridized carbons (Fsp3) is 0.435. The minimum atomic E-state index is 0.355. The molecule has 0 aromatic heterocycles. The van der Waals surface area contributed by atoms with Gasteiger partial charge in [-0.3, -0.25) is 0 Å². The standard InChI is InChI=1S/C23H33N5O/c1-5-24-23(25-16-18-10-12-20(13-11-18)27(2)3)26-19-14-15-28(17-19)21-8-6-7-9-22(21)29-4/h6-13,19H,5,14-17H2,1-4H3,(H2,24,25,26). The Hall–Kier alpha value is -2.89. The van der Waals surface area contributed by atoms with Gasteiger partial charge < -0.3 is 25.2 Å². The second kappa shape index (κ2) is 10.0. The van der Waals surface area contributed by atoms with Crippen molar-refractivity contribution in [3.05, 3.63) is 54.1 Å². The number of anilines is 2. The molecule has 29 heavy (non-hydrogen) atoms. The lowest BCUT2D eigenvalue weighted by Gasteiger charge is -2.22. The van der Waals surface area contributed by atoms with Gasteiger partial charge in [0.25, 0.3) is 0 Å². The van der Waals surface area contributed by atoms with Gasteiger partial charge in [0.2, 0.25) is 0 Å². The van der Waals surface area contributed by atoms with Crippen LogP contribution in [-0.2, 0) is 6.54 Å². The molecule has 2 aromatic rings. The number of ether oxygens (including phenoxy) is 1. The molecule has 1 aliphatic heterocycles. The van der Waals surface area contributed by atoms with E-state index in [1.807, 2.05) is 12.1 Å². The van der Waals surface area contributed by atoms with E-state index >= 15 is 0 Å². The summed E-state index contributed by atoms with van der Waals surface area (Å²) < 4.78 is 5.52. The fourth-order valence-corrected chi connectivity index (χ4v) is 3.57. The number of guanidine groups is 1. The zero-order valence-corrected chi connectivity index (χ0v) is 18.0. The van der Waals surface area contributed by atoms with Crippen molar-refractivity contribution in [2.75, 3.05) is 50.6 Å². The lowest BCUT2D eigenvalue weighted by molar-refractivity contribution is 0.415. The number of nitrogens with zero attached hydrogens (tertiary/aromatic N) is 3. The van der Waals surface area contributed by atoms with Gasteiger partial charge in [-0.1, -0.05) is 24.3 Å². The van der Waals surface area contributed by atoms with Gasteiger partial charge in [0.15, 0.2) is 5.96 Å². The molecule has 0 radical (unpaired) electrons. The minimum Gasteiger partial charge on any atom is -0.495 e. The molecule has 2 aromatic carbocycles. The third kappa shape index (κ3) is 5.56. The number of benzene rings is 2. The van der Waals surface area contributed by atoms with Crippen LogP contribution in [-0.4, -0.2) is 52.8 Å². The van der Waals surface area contributed by atoms with Crippen LogP contribution in [0.5, 0.6) is 5.75 Å². The van der Waals surface area contributed by atoms with Crippen LogP contribution >= 0.6 is 0 Å². The first-order valence-electron chi connectivity index (χ1n) is 10.3. The van der Waals surface area contributed by atoms with Crippen molar-refractivity contribution in [3.63, 3.8) is 0 Å². The Bertz CT molecular complexity index is 803. The average Bonchev–Trinajstić information content (AvgIpc) is 3.20. The van der Waals surface area contributed by atoms with Crippen molar-refractivity contribution >= 4 is 17.3 Å². The molecule has 0 bridgehead atoms. The van der Waals surface area contributed by atoms with Gasteiger partial charge in [-0.15, -0.1) is 0 Å². The normalized spacial score (nSPS) is 16.6. The number of methoxy groups -OCH3 is 1. The van der Waals surface area contributed by atoms with Crippen LogP contribution < -0.4 is 25.2 Å². The molecular weight excluding hydrogens is 362 g/mol. The van der Waals surface area contributed by atoms with Gasteiger partial charge in [0.1, 0.15) is 5.75 Å². The average molecular weight is 396 g/mol. The van der Waals surface area contributed by atoms with Gasteiger partial charge in [0, 0.05) is 45.5 Å². The Morgan fingerprint density at radius 1 is 1.17 bits per heavy atom. The Balaban J connectivity index is 1.61. The molecule has 1 fully saturated rings. The van der Waals surface area contributed by atoms with Crippen molar-refractivity contribution in [2.45, 2.75) is 25.9 Å². The Kier molecular flexibility index (Phi) is 7.22. The number of para-hydroxylation sites is 2. The lowest BCUT2D eigenvalue weighted by atomic mass is 10.2. The summed E-state index contributed by atoms with van der Waals surface area (Å²) in [5.41, 5.74) is 3.56. The van der Waals surface area contributed by atoms with Crippen molar-refractivity contribution in [1.82, 2.24) is 10.6 Å². The highest BCUT2D eigenvalue weighted by Gasteiger charge is 2.25. The van der Waals surface area contributed by atoms with Crippen molar-refractivity contribution in [1.29, 1.82) is 0 Å². The van der Waals surface area contributed by atoms with Crippen LogP contribution in [0.3, 0.4) is 0 Å². The van der Waals surface area contributed by atoms with E-state index in [0.717, 1.165) is 43.5 Å². The van der Waals surface area contributed by atoms with Crippen LogP contribution in [0.25, 0.3) is 0 Å². The number of hydrogen-bond donors (Lipinski definition) is 2. The quantitative estimate of drug-likeness (QED) is 0.557. The lowest BCUT2D eigenvalue weighted by Crippen LogP contribution is -2.44. The Morgan fingerprint density at radius 2 is 1.93 bits per heavy atom. The largest absolute Gasteiger partial charge is 0.495 e. The molecule has 1 unspecified atom stereocenters. The summed E-state index contributed by atoms with van der Waals surface area (Å²) >= 11 is 0. The van der Waals surface area contributed by atoms with Crippen LogP contribution in [0.15, 0.2) is 53.5 Å². The molecule has 0 aliphatic carbocycles. The Labute approximate surface area is 174 Å². The van der Waals surface area contributed by atoms with E-state index in [4.69, 9.17) is 9.73 Å². The third-order valence-corrected chi connectivity index (χ3v) is 5.17. The summed E-state index contributed by atoms with van der Waals surface area (Å²) in [7, 11) is 5.83. The van der Waals surface area contributed by atoms with Crippen LogP contribution in [0.4, 0.5) is 11.4 Å². The molecule has 6 heteroatoms. The number of rotatable bonds is 7. The summed E-state index contributed by atoms with van der Waals surface area (Å²) in [6.45, 7) is 5.53. The first-order valence-corrected chi connectivity index (χ1v) is 10.3. The summed E-state index contributed by atoms with van der Waals surface area (Å²) in [4.78, 5) is 9.27. The van der Waals surface area contributed by atoms with Gasteiger partial charge in [-0.25, -0.2) is 4.99 Å². The van der Waals surface area contributed by atoms with Crippen molar-refractivity contribution in [2.24, 2.45) is 4.99 Å². The van der Waals surface area contributed by atoms with E-state index in [0.29, 0.717) is 12.6 Å². The maximum absolute atomic E-state index is 5.52. The smallest absolute Gasteiger partial charge is 0.191 e. The van der Waals surface area contributed by atoms with Crippen molar-refractivity contribution < 1.29 is 4.74 Å². The molecule has 6 nitrogen and oxygen atoms in total. The topological polar surface area (TPSA) is 52.1 Å². The maximum Gasteiger partial charge on any atom is 0.191 e. The number of hydrogen-bond acceptors (Lipinski definition) is 4. The molecule has 0 spiro atoms. The number of aliphatic imine (C=N–C) groups is 1. The van der Waals surface area contributed by atoms with Crippen LogP contribution in [0, 0.1) is 0 Å². The monoisotopic (exact) mass is 395 g/mol. The predicted octanol–water partition coefficient (Wildman–Crippen LogP) is 3.10.